The average Bonchev–Trinajstić information content (AvgIpc) is 2.87. The van der Waals surface area contributed by atoms with Gasteiger partial charge in [-0.3, -0.25) is 0 Å². The summed E-state index contributed by atoms with van der Waals surface area (Å²) in [7, 11) is 0. The summed E-state index contributed by atoms with van der Waals surface area (Å²) in [5.41, 5.74) is 1.06. The molecule has 1 aromatic heterocycles. The molecule has 1 heterocycles. The highest BCUT2D eigenvalue weighted by Gasteiger charge is 1.98. The minimum Gasteiger partial charge on any atom is -0.494 e. The van der Waals surface area contributed by atoms with Gasteiger partial charge in [0, 0.05) is 23.3 Å². The molecule has 0 radical (unpaired) electrons. The van der Waals surface area contributed by atoms with Crippen molar-refractivity contribution in [1.82, 2.24) is 4.98 Å². The van der Waals surface area contributed by atoms with E-state index in [1.807, 2.05) is 35.8 Å². The fourth-order valence-electron chi connectivity index (χ4n) is 1.43. The summed E-state index contributed by atoms with van der Waals surface area (Å²) in [6.07, 6.45) is 2.85. The Bertz CT molecular complexity index is 442. The zero-order valence-corrected chi connectivity index (χ0v) is 10.7. The second-order valence-corrected chi connectivity index (χ2v) is 4.63. The number of rotatable bonds is 6. The third-order valence-electron chi connectivity index (χ3n) is 2.23. The maximum absolute atomic E-state index is 5.58. The van der Waals surface area contributed by atoms with Gasteiger partial charge >= 0.3 is 0 Å². The molecule has 17 heavy (non-hydrogen) atoms. The molecule has 0 bridgehead atoms. The van der Waals surface area contributed by atoms with Gasteiger partial charge in [-0.25, -0.2) is 4.98 Å². The van der Waals surface area contributed by atoms with Crippen LogP contribution in [0, 0.1) is 0 Å². The summed E-state index contributed by atoms with van der Waals surface area (Å²) in [4.78, 5) is 4.23. The molecular formula is C13H16N2OS. The molecule has 0 atom stereocenters. The van der Waals surface area contributed by atoms with Crippen molar-refractivity contribution in [2.24, 2.45) is 0 Å². The van der Waals surface area contributed by atoms with E-state index >= 15 is 0 Å². The molecule has 0 aliphatic rings. The lowest BCUT2D eigenvalue weighted by Crippen LogP contribution is -2.00. The zero-order valence-electron chi connectivity index (χ0n) is 9.85. The molecule has 0 aliphatic carbocycles. The van der Waals surface area contributed by atoms with Gasteiger partial charge in [-0.15, -0.1) is 11.3 Å². The standard InChI is InChI=1S/C13H16N2OS/c1-2-7-16-12-5-3-4-11(9-12)15-10-13-14-6-8-17-13/h3-6,8-9,15H,2,7,10H2,1H3. The third-order valence-corrected chi connectivity index (χ3v) is 3.01. The van der Waals surface area contributed by atoms with E-state index in [1.54, 1.807) is 11.3 Å². The Balaban J connectivity index is 1.91. The first kappa shape index (κ1) is 11.9. The van der Waals surface area contributed by atoms with Crippen LogP contribution < -0.4 is 10.1 Å². The number of hydrogen-bond donors (Lipinski definition) is 1. The highest BCUT2D eigenvalue weighted by Crippen LogP contribution is 2.18. The highest BCUT2D eigenvalue weighted by molar-refractivity contribution is 7.09. The van der Waals surface area contributed by atoms with Gasteiger partial charge in [0.25, 0.3) is 0 Å². The average molecular weight is 248 g/mol. The monoisotopic (exact) mass is 248 g/mol. The first-order valence-corrected chi connectivity index (χ1v) is 6.61. The van der Waals surface area contributed by atoms with Crippen LogP contribution in [-0.2, 0) is 6.54 Å². The third kappa shape index (κ3) is 3.75. The van der Waals surface area contributed by atoms with E-state index in [-0.39, 0.29) is 0 Å². The van der Waals surface area contributed by atoms with Crippen LogP contribution in [0.5, 0.6) is 5.75 Å². The maximum Gasteiger partial charge on any atom is 0.121 e. The zero-order chi connectivity index (χ0) is 11.9. The van der Waals surface area contributed by atoms with Crippen molar-refractivity contribution < 1.29 is 4.74 Å². The summed E-state index contributed by atoms with van der Waals surface area (Å²) in [5, 5.41) is 6.40. The number of nitrogens with one attached hydrogen (secondary N) is 1. The second-order valence-electron chi connectivity index (χ2n) is 3.66. The quantitative estimate of drug-likeness (QED) is 0.849. The molecule has 90 valence electrons. The Morgan fingerprint density at radius 1 is 1.41 bits per heavy atom. The van der Waals surface area contributed by atoms with E-state index < -0.39 is 0 Å². The molecule has 4 heteroatoms. The van der Waals surface area contributed by atoms with Crippen molar-refractivity contribution in [3.63, 3.8) is 0 Å². The predicted molar refractivity (Wildman–Crippen MR) is 71.7 cm³/mol. The van der Waals surface area contributed by atoms with E-state index in [0.717, 1.165) is 36.0 Å². The smallest absolute Gasteiger partial charge is 0.121 e. The largest absolute Gasteiger partial charge is 0.494 e. The Labute approximate surface area is 105 Å². The van der Waals surface area contributed by atoms with Gasteiger partial charge in [-0.05, 0) is 18.6 Å². The van der Waals surface area contributed by atoms with E-state index in [4.69, 9.17) is 4.74 Å². The SMILES string of the molecule is CCCOc1cccc(NCc2nccs2)c1. The normalized spacial score (nSPS) is 10.2. The topological polar surface area (TPSA) is 34.1 Å². The van der Waals surface area contributed by atoms with Crippen LogP contribution in [0.15, 0.2) is 35.8 Å². The van der Waals surface area contributed by atoms with Gasteiger partial charge < -0.3 is 10.1 Å². The minimum atomic E-state index is 0.759. The summed E-state index contributed by atoms with van der Waals surface area (Å²) >= 11 is 1.66. The van der Waals surface area contributed by atoms with Crippen molar-refractivity contribution in [3.8, 4) is 5.75 Å². The van der Waals surface area contributed by atoms with E-state index in [2.05, 4.69) is 17.2 Å². The molecule has 0 saturated carbocycles. The maximum atomic E-state index is 5.58. The number of thiazole rings is 1. The molecule has 1 aromatic carbocycles. The van der Waals surface area contributed by atoms with Crippen molar-refractivity contribution in [1.29, 1.82) is 0 Å². The number of aromatic nitrogens is 1. The Hall–Kier alpha value is -1.55. The number of benzene rings is 1. The van der Waals surface area contributed by atoms with E-state index in [9.17, 15) is 0 Å². The predicted octanol–water partition coefficient (Wildman–Crippen LogP) is 3.54. The van der Waals surface area contributed by atoms with Gasteiger partial charge in [0.1, 0.15) is 10.8 Å². The molecule has 0 amide bonds. The van der Waals surface area contributed by atoms with Crippen molar-refractivity contribution in [2.75, 3.05) is 11.9 Å². The van der Waals surface area contributed by atoms with Gasteiger partial charge in [-0.1, -0.05) is 13.0 Å². The van der Waals surface area contributed by atoms with Crippen molar-refractivity contribution in [2.45, 2.75) is 19.9 Å². The lowest BCUT2D eigenvalue weighted by Gasteiger charge is -2.08. The van der Waals surface area contributed by atoms with Gasteiger partial charge in [-0.2, -0.15) is 0 Å². The van der Waals surface area contributed by atoms with Gasteiger partial charge in [0.05, 0.1) is 13.2 Å². The molecular weight excluding hydrogens is 232 g/mol. The number of anilines is 1. The Kier molecular flexibility index (Phi) is 4.38. The van der Waals surface area contributed by atoms with Gasteiger partial charge in [0.15, 0.2) is 0 Å². The lowest BCUT2D eigenvalue weighted by atomic mass is 10.3. The first-order chi connectivity index (χ1) is 8.38. The van der Waals surface area contributed by atoms with Crippen LogP contribution in [0.25, 0.3) is 0 Å². The molecule has 2 rings (SSSR count). The van der Waals surface area contributed by atoms with Crippen LogP contribution in [0.1, 0.15) is 18.4 Å². The molecule has 3 nitrogen and oxygen atoms in total. The summed E-state index contributed by atoms with van der Waals surface area (Å²) in [6.45, 7) is 3.62. The molecule has 0 unspecified atom stereocenters. The van der Waals surface area contributed by atoms with Crippen LogP contribution in [0.3, 0.4) is 0 Å². The van der Waals surface area contributed by atoms with Crippen LogP contribution >= 0.6 is 11.3 Å². The molecule has 0 fully saturated rings. The lowest BCUT2D eigenvalue weighted by molar-refractivity contribution is 0.317. The fraction of sp³-hybridized carbons (Fsp3) is 0.308. The number of hydrogen-bond acceptors (Lipinski definition) is 4. The van der Waals surface area contributed by atoms with E-state index in [0.29, 0.717) is 0 Å². The Morgan fingerprint density at radius 2 is 2.35 bits per heavy atom. The first-order valence-electron chi connectivity index (χ1n) is 5.73. The highest BCUT2D eigenvalue weighted by atomic mass is 32.1. The summed E-state index contributed by atoms with van der Waals surface area (Å²) < 4.78 is 5.58. The van der Waals surface area contributed by atoms with Crippen LogP contribution in [0.2, 0.25) is 0 Å². The van der Waals surface area contributed by atoms with Crippen LogP contribution in [-0.4, -0.2) is 11.6 Å². The molecule has 0 saturated heterocycles. The minimum absolute atomic E-state index is 0.759. The van der Waals surface area contributed by atoms with E-state index in [1.165, 1.54) is 0 Å². The van der Waals surface area contributed by atoms with Crippen molar-refractivity contribution in [3.05, 3.63) is 40.8 Å². The fourth-order valence-corrected chi connectivity index (χ4v) is 1.99. The molecule has 2 aromatic rings. The summed E-state index contributed by atoms with van der Waals surface area (Å²) in [5.74, 6) is 0.913. The van der Waals surface area contributed by atoms with Gasteiger partial charge in [0.2, 0.25) is 0 Å². The van der Waals surface area contributed by atoms with Crippen molar-refractivity contribution >= 4 is 17.0 Å². The Morgan fingerprint density at radius 3 is 3.12 bits per heavy atom. The second kappa shape index (κ2) is 6.25. The molecule has 1 N–H and O–H groups in total. The molecule has 0 aliphatic heterocycles. The van der Waals surface area contributed by atoms with Crippen LogP contribution in [0.4, 0.5) is 5.69 Å². The summed E-state index contributed by atoms with van der Waals surface area (Å²) in [6, 6.07) is 8.02. The number of nitrogens with zero attached hydrogens (tertiary/aromatic N) is 1. The number of ether oxygens (including phenoxy) is 1. The molecule has 0 spiro atoms.